The molecule has 4 nitrogen and oxygen atoms in total. The van der Waals surface area contributed by atoms with Gasteiger partial charge in [-0.25, -0.2) is 4.79 Å². The van der Waals surface area contributed by atoms with Crippen molar-refractivity contribution in [3.8, 4) is 0 Å². The van der Waals surface area contributed by atoms with Crippen LogP contribution in [0.4, 0.5) is 4.79 Å². The molecule has 2 unspecified atom stereocenters. The van der Waals surface area contributed by atoms with Crippen molar-refractivity contribution in [2.75, 3.05) is 24.0 Å². The van der Waals surface area contributed by atoms with E-state index in [1.54, 1.807) is 6.26 Å². The van der Waals surface area contributed by atoms with Crippen molar-refractivity contribution in [2.45, 2.75) is 32.1 Å². The Bertz CT molecular complexity index is 221. The summed E-state index contributed by atoms with van der Waals surface area (Å²) in [6.07, 6.45) is 3.92. The maximum atomic E-state index is 10.2. The Labute approximate surface area is 135 Å². The van der Waals surface area contributed by atoms with Crippen molar-refractivity contribution < 1.29 is 19.4 Å². The van der Waals surface area contributed by atoms with Gasteiger partial charge in [0.2, 0.25) is 0 Å². The molecule has 0 bridgehead atoms. The van der Waals surface area contributed by atoms with E-state index < -0.39 is 5.97 Å². The highest BCUT2D eigenvalue weighted by Crippen LogP contribution is 2.18. The average Bonchev–Trinajstić information content (AvgIpc) is 2.65. The third kappa shape index (κ3) is 32.2. The smallest absolute Gasteiger partial charge is 0.367 e. The number of hydrogen-bond acceptors (Lipinski definition) is 7. The Morgan fingerprint density at radius 3 is 2.11 bits per heavy atom. The highest BCUT2D eigenvalue weighted by atomic mass is 32.2. The molecule has 1 heterocycles. The highest BCUT2D eigenvalue weighted by Gasteiger charge is 2.18. The van der Waals surface area contributed by atoms with Crippen LogP contribution in [0.2, 0.25) is 0 Å². The number of carboxylic acids is 1. The van der Waals surface area contributed by atoms with Gasteiger partial charge in [-0.1, -0.05) is 6.92 Å². The van der Waals surface area contributed by atoms with Crippen LogP contribution in [0.15, 0.2) is 0 Å². The molecule has 2 atom stereocenters. The molecule has 8 heteroatoms. The van der Waals surface area contributed by atoms with Crippen molar-refractivity contribution in [1.82, 2.24) is 0 Å². The van der Waals surface area contributed by atoms with Crippen molar-refractivity contribution in [3.05, 3.63) is 0 Å². The Morgan fingerprint density at radius 1 is 1.63 bits per heavy atom. The quantitative estimate of drug-likeness (QED) is 0.524. The predicted molar refractivity (Wildman–Crippen MR) is 93.5 cm³/mol. The lowest BCUT2D eigenvalue weighted by atomic mass is 10.5. The molecule has 116 valence electrons. The molecule has 0 radical (unpaired) electrons. The molecule has 0 aliphatic carbocycles. The number of aliphatic carboxylic acids is 1. The van der Waals surface area contributed by atoms with Crippen LogP contribution in [0, 0.1) is 0 Å². The molecule has 0 aromatic carbocycles. The average molecular weight is 349 g/mol. The molecule has 0 aromatic heterocycles. The fourth-order valence-electron chi connectivity index (χ4n) is 0.659. The molecule has 1 saturated heterocycles. The molecule has 0 aromatic rings. The first kappa shape index (κ1) is 24.4. The molecule has 0 saturated carbocycles. The minimum atomic E-state index is -0.833. The summed E-state index contributed by atoms with van der Waals surface area (Å²) in [5.74, 6) is 1.14. The van der Waals surface area contributed by atoms with Gasteiger partial charge >= 0.3 is 5.30 Å². The second-order valence-electron chi connectivity index (χ2n) is 3.31. The fourth-order valence-corrected chi connectivity index (χ4v) is 2.26. The van der Waals surface area contributed by atoms with Gasteiger partial charge in [-0.3, -0.25) is 4.79 Å². The van der Waals surface area contributed by atoms with Gasteiger partial charge in [0.15, 0.2) is 0 Å². The second kappa shape index (κ2) is 18.3. The highest BCUT2D eigenvalue weighted by molar-refractivity contribution is 8.13. The summed E-state index contributed by atoms with van der Waals surface area (Å²) >= 11 is 10.8. The van der Waals surface area contributed by atoms with Crippen LogP contribution in [0.3, 0.4) is 0 Å². The molecule has 1 N–H and O–H groups in total. The second-order valence-corrected chi connectivity index (χ2v) is 6.06. The van der Waals surface area contributed by atoms with Gasteiger partial charge in [0.25, 0.3) is 5.97 Å². The first-order chi connectivity index (χ1) is 8.79. The van der Waals surface area contributed by atoms with Crippen LogP contribution in [0.25, 0.3) is 0 Å². The molecule has 1 aliphatic rings. The lowest BCUT2D eigenvalue weighted by Crippen LogP contribution is -2.01. The van der Waals surface area contributed by atoms with Gasteiger partial charge < -0.3 is 9.84 Å². The van der Waals surface area contributed by atoms with E-state index in [1.807, 2.05) is 18.7 Å². The van der Waals surface area contributed by atoms with E-state index in [9.17, 15) is 4.79 Å². The number of carboxylic acid groups (broad SMARTS) is 1. The minimum Gasteiger partial charge on any atom is -0.481 e. The van der Waals surface area contributed by atoms with Gasteiger partial charge in [0.1, 0.15) is 6.10 Å². The Hall–Kier alpha value is 0.340. The van der Waals surface area contributed by atoms with E-state index in [0.29, 0.717) is 5.25 Å². The number of ether oxygens (including phenoxy) is 1. The maximum absolute atomic E-state index is 10.2. The molecule has 1 rings (SSSR count). The lowest BCUT2D eigenvalue weighted by Gasteiger charge is -1.95. The fraction of sp³-hybridized carbons (Fsp3) is 0.818. The van der Waals surface area contributed by atoms with E-state index in [4.69, 9.17) is 9.90 Å². The van der Waals surface area contributed by atoms with Crippen LogP contribution in [0.5, 0.6) is 0 Å². The van der Waals surface area contributed by atoms with Gasteiger partial charge in [0, 0.05) is 23.7 Å². The summed E-state index contributed by atoms with van der Waals surface area (Å²) in [6, 6.07) is 0. The van der Waals surface area contributed by atoms with E-state index in [-0.39, 0.29) is 11.4 Å². The maximum Gasteiger partial charge on any atom is 0.367 e. The summed E-state index contributed by atoms with van der Waals surface area (Å²) < 4.78 is 4.69. The Kier molecular flexibility index (Phi) is 23.5. The van der Waals surface area contributed by atoms with Crippen LogP contribution in [0.1, 0.15) is 20.8 Å². The Morgan fingerprint density at radius 2 is 2.05 bits per heavy atom. The van der Waals surface area contributed by atoms with Crippen LogP contribution < -0.4 is 0 Å². The van der Waals surface area contributed by atoms with Crippen molar-refractivity contribution >= 4 is 60.1 Å². The summed E-state index contributed by atoms with van der Waals surface area (Å²) in [5, 5.41) is 7.84. The zero-order valence-corrected chi connectivity index (χ0v) is 15.4. The summed E-state index contributed by atoms with van der Waals surface area (Å²) in [5.41, 5.74) is 0. The third-order valence-corrected chi connectivity index (χ3v) is 3.37. The van der Waals surface area contributed by atoms with Crippen molar-refractivity contribution in [2.24, 2.45) is 0 Å². The molecular formula is C11H24O4S4. The van der Waals surface area contributed by atoms with E-state index in [0.717, 1.165) is 18.4 Å². The number of rotatable bonds is 2. The number of cyclic esters (lactones) is 1. The summed E-state index contributed by atoms with van der Waals surface area (Å²) in [4.78, 5) is 19.2. The lowest BCUT2D eigenvalue weighted by molar-refractivity contribution is -0.134. The molecule has 1 fully saturated rings. The number of carbonyl (C=O) groups is 2. The van der Waals surface area contributed by atoms with E-state index >= 15 is 0 Å². The SMILES string of the molecule is CC(=O)O.CC1CSC(=O)O1.CS.CSCC(C)S. The number of hydrogen-bond donors (Lipinski definition) is 3. The van der Waals surface area contributed by atoms with E-state index in [2.05, 4.69) is 43.2 Å². The van der Waals surface area contributed by atoms with E-state index in [1.165, 1.54) is 11.8 Å². The predicted octanol–water partition coefficient (Wildman–Crippen LogP) is 3.56. The topological polar surface area (TPSA) is 63.6 Å². The first-order valence-corrected chi connectivity index (χ1v) is 9.23. The largest absolute Gasteiger partial charge is 0.481 e. The van der Waals surface area contributed by atoms with Gasteiger partial charge in [-0.05, 0) is 31.2 Å². The Balaban J connectivity index is -0.000000196. The molecule has 0 spiro atoms. The monoisotopic (exact) mass is 348 g/mol. The van der Waals surface area contributed by atoms with Crippen LogP contribution >= 0.6 is 48.8 Å². The standard InChI is InChI=1S/C4H6O2S.C4H10S2.C2H4O2.CH4S/c1-3-2-7-4(5)6-3;1-4(5)3-6-2;1-2(3)4;1-2/h3H,2H2,1H3;4-5H,3H2,1-2H3;1H3,(H,3,4);2H,1H3. The first-order valence-electron chi connectivity index (χ1n) is 5.44. The zero-order chi connectivity index (χ0) is 15.8. The van der Waals surface area contributed by atoms with Crippen LogP contribution in [-0.2, 0) is 9.53 Å². The third-order valence-electron chi connectivity index (χ3n) is 1.14. The molecule has 1 aliphatic heterocycles. The van der Waals surface area contributed by atoms with Crippen molar-refractivity contribution in [3.63, 3.8) is 0 Å². The summed E-state index contributed by atoms with van der Waals surface area (Å²) in [6.45, 7) is 5.07. The number of carbonyl (C=O) groups excluding carboxylic acids is 1. The zero-order valence-electron chi connectivity index (χ0n) is 12.0. The van der Waals surface area contributed by atoms with Gasteiger partial charge in [0.05, 0.1) is 0 Å². The molecular weight excluding hydrogens is 324 g/mol. The number of thioether (sulfide) groups is 2. The normalized spacial score (nSPS) is 17.4. The van der Waals surface area contributed by atoms with Gasteiger partial charge in [-0.15, -0.1) is 0 Å². The number of thiol groups is 2. The van der Waals surface area contributed by atoms with Crippen LogP contribution in [-0.4, -0.2) is 51.7 Å². The van der Waals surface area contributed by atoms with Gasteiger partial charge in [-0.2, -0.15) is 37.0 Å². The summed E-state index contributed by atoms with van der Waals surface area (Å²) in [7, 11) is 0. The molecule has 0 amide bonds. The molecule has 19 heavy (non-hydrogen) atoms. The van der Waals surface area contributed by atoms with Crippen molar-refractivity contribution in [1.29, 1.82) is 0 Å². The minimum absolute atomic E-state index is 0.132.